The standard InChI is InChI=1S/C21H19NO6S/c1-12-3-5-18-15(9-12)16(24)10-19(28-18)21(26)27-11-17(25)20-6-4-14(29-20)7-8-22-13(2)23/h3-6,9-10H,7-8,11H2,1-2H3,(H,22,23). The number of amides is 1. The third kappa shape index (κ3) is 5.17. The molecule has 0 bridgehead atoms. The van der Waals surface area contributed by atoms with Gasteiger partial charge in [-0.05, 0) is 37.6 Å². The van der Waals surface area contributed by atoms with E-state index in [4.69, 9.17) is 9.15 Å². The average Bonchev–Trinajstić information content (AvgIpc) is 3.15. The van der Waals surface area contributed by atoms with Gasteiger partial charge < -0.3 is 14.5 Å². The molecule has 0 aliphatic carbocycles. The number of Topliss-reactive ketones (excluding diaryl/α,β-unsaturated/α-hetero) is 1. The molecule has 0 atom stereocenters. The van der Waals surface area contributed by atoms with E-state index in [-0.39, 0.29) is 28.5 Å². The molecule has 150 valence electrons. The van der Waals surface area contributed by atoms with Crippen LogP contribution >= 0.6 is 11.3 Å². The molecule has 3 rings (SSSR count). The van der Waals surface area contributed by atoms with Crippen molar-refractivity contribution in [2.45, 2.75) is 20.3 Å². The predicted molar refractivity (Wildman–Crippen MR) is 109 cm³/mol. The summed E-state index contributed by atoms with van der Waals surface area (Å²) in [5.74, 6) is -1.59. The van der Waals surface area contributed by atoms with Crippen molar-refractivity contribution in [1.82, 2.24) is 5.32 Å². The van der Waals surface area contributed by atoms with Crippen LogP contribution in [-0.4, -0.2) is 30.8 Å². The van der Waals surface area contributed by atoms with E-state index in [1.807, 2.05) is 6.92 Å². The quantitative estimate of drug-likeness (QED) is 0.472. The Morgan fingerprint density at radius 2 is 1.93 bits per heavy atom. The summed E-state index contributed by atoms with van der Waals surface area (Å²) in [6.07, 6.45) is 0.610. The number of esters is 1. The molecule has 3 aromatic rings. The SMILES string of the molecule is CC(=O)NCCc1ccc(C(=O)COC(=O)c2cc(=O)c3cc(C)ccc3o2)s1. The minimum Gasteiger partial charge on any atom is -0.451 e. The highest BCUT2D eigenvalue weighted by molar-refractivity contribution is 7.14. The second-order valence-electron chi connectivity index (χ2n) is 6.47. The molecule has 0 fully saturated rings. The van der Waals surface area contributed by atoms with Crippen molar-refractivity contribution in [2.24, 2.45) is 0 Å². The average molecular weight is 413 g/mol. The number of carbonyl (C=O) groups is 3. The van der Waals surface area contributed by atoms with Gasteiger partial charge in [-0.3, -0.25) is 14.4 Å². The summed E-state index contributed by atoms with van der Waals surface area (Å²) in [6, 6.07) is 9.58. The number of ether oxygens (including phenoxy) is 1. The molecule has 0 aliphatic heterocycles. The molecule has 0 radical (unpaired) electrons. The summed E-state index contributed by atoms with van der Waals surface area (Å²) in [5.41, 5.74) is 0.830. The van der Waals surface area contributed by atoms with Gasteiger partial charge in [0.25, 0.3) is 0 Å². The number of rotatable bonds is 7. The van der Waals surface area contributed by atoms with Gasteiger partial charge in [0.2, 0.25) is 17.5 Å². The van der Waals surface area contributed by atoms with Crippen LogP contribution < -0.4 is 10.7 Å². The molecule has 1 aromatic carbocycles. The third-order valence-electron chi connectivity index (χ3n) is 4.10. The summed E-state index contributed by atoms with van der Waals surface area (Å²) in [4.78, 5) is 48.9. The predicted octanol–water partition coefficient (Wildman–Crippen LogP) is 2.88. The normalized spacial score (nSPS) is 10.7. The van der Waals surface area contributed by atoms with Crippen LogP contribution in [0.25, 0.3) is 11.0 Å². The lowest BCUT2D eigenvalue weighted by Gasteiger charge is -2.04. The number of hydrogen-bond donors (Lipinski definition) is 1. The Morgan fingerprint density at radius 3 is 2.69 bits per heavy atom. The van der Waals surface area contributed by atoms with Crippen LogP contribution in [-0.2, 0) is 16.0 Å². The van der Waals surface area contributed by atoms with Gasteiger partial charge >= 0.3 is 5.97 Å². The number of benzene rings is 1. The highest BCUT2D eigenvalue weighted by Gasteiger charge is 2.17. The van der Waals surface area contributed by atoms with Crippen molar-refractivity contribution >= 4 is 40.0 Å². The van der Waals surface area contributed by atoms with Crippen molar-refractivity contribution in [3.05, 3.63) is 67.7 Å². The van der Waals surface area contributed by atoms with Crippen molar-refractivity contribution in [2.75, 3.05) is 13.2 Å². The molecule has 0 unspecified atom stereocenters. The Morgan fingerprint density at radius 1 is 1.14 bits per heavy atom. The molecular formula is C21H19NO6S. The molecule has 2 aromatic heterocycles. The number of nitrogens with one attached hydrogen (secondary N) is 1. The summed E-state index contributed by atoms with van der Waals surface area (Å²) in [6.45, 7) is 3.32. The van der Waals surface area contributed by atoms with Crippen LogP contribution in [0.5, 0.6) is 0 Å². The maximum absolute atomic E-state index is 12.3. The van der Waals surface area contributed by atoms with E-state index in [0.717, 1.165) is 16.5 Å². The van der Waals surface area contributed by atoms with Gasteiger partial charge in [-0.15, -0.1) is 11.3 Å². The highest BCUT2D eigenvalue weighted by Crippen LogP contribution is 2.18. The molecule has 1 N–H and O–H groups in total. The maximum Gasteiger partial charge on any atom is 0.374 e. The molecule has 7 nitrogen and oxygen atoms in total. The molecule has 2 heterocycles. The van der Waals surface area contributed by atoms with Crippen molar-refractivity contribution in [3.63, 3.8) is 0 Å². The molecule has 29 heavy (non-hydrogen) atoms. The number of hydrogen-bond acceptors (Lipinski definition) is 7. The summed E-state index contributed by atoms with van der Waals surface area (Å²) in [7, 11) is 0. The van der Waals surface area contributed by atoms with Gasteiger partial charge in [-0.1, -0.05) is 11.6 Å². The topological polar surface area (TPSA) is 103 Å². The smallest absolute Gasteiger partial charge is 0.374 e. The molecule has 8 heteroatoms. The fourth-order valence-electron chi connectivity index (χ4n) is 2.67. The number of thiophene rings is 1. The van der Waals surface area contributed by atoms with E-state index in [9.17, 15) is 19.2 Å². The second-order valence-corrected chi connectivity index (χ2v) is 7.64. The molecule has 1 amide bonds. The Balaban J connectivity index is 1.62. The molecular weight excluding hydrogens is 394 g/mol. The van der Waals surface area contributed by atoms with Crippen molar-refractivity contribution < 1.29 is 23.5 Å². The van der Waals surface area contributed by atoms with Gasteiger partial charge in [0.05, 0.1) is 10.3 Å². The summed E-state index contributed by atoms with van der Waals surface area (Å²) < 4.78 is 10.5. The number of aryl methyl sites for hydroxylation is 1. The third-order valence-corrected chi connectivity index (χ3v) is 5.29. The first-order valence-corrected chi connectivity index (χ1v) is 9.73. The lowest BCUT2D eigenvalue weighted by molar-refractivity contribution is -0.118. The lowest BCUT2D eigenvalue weighted by Crippen LogP contribution is -2.22. The fourth-order valence-corrected chi connectivity index (χ4v) is 3.60. The van der Waals surface area contributed by atoms with Crippen LogP contribution in [0.3, 0.4) is 0 Å². The fraction of sp³-hybridized carbons (Fsp3) is 0.238. The monoisotopic (exact) mass is 413 g/mol. The van der Waals surface area contributed by atoms with E-state index >= 15 is 0 Å². The second kappa shape index (κ2) is 8.83. The van der Waals surface area contributed by atoms with E-state index in [2.05, 4.69) is 5.32 Å². The van der Waals surface area contributed by atoms with Crippen molar-refractivity contribution in [1.29, 1.82) is 0 Å². The zero-order valence-corrected chi connectivity index (χ0v) is 16.8. The van der Waals surface area contributed by atoms with Crippen molar-refractivity contribution in [3.8, 4) is 0 Å². The molecule has 0 spiro atoms. The van der Waals surface area contributed by atoms with E-state index in [0.29, 0.717) is 23.2 Å². The number of ketones is 1. The first kappa shape index (κ1) is 20.5. The van der Waals surface area contributed by atoms with Crippen LogP contribution in [0.4, 0.5) is 0 Å². The minimum absolute atomic E-state index is 0.111. The van der Waals surface area contributed by atoms with Gasteiger partial charge in [0.15, 0.2) is 12.0 Å². The highest BCUT2D eigenvalue weighted by atomic mass is 32.1. The van der Waals surface area contributed by atoms with Gasteiger partial charge in [-0.2, -0.15) is 0 Å². The Labute approximate surface area is 170 Å². The zero-order valence-electron chi connectivity index (χ0n) is 15.9. The van der Waals surface area contributed by atoms with Gasteiger partial charge in [-0.25, -0.2) is 4.79 Å². The van der Waals surface area contributed by atoms with E-state index < -0.39 is 12.6 Å². The largest absolute Gasteiger partial charge is 0.451 e. The first-order chi connectivity index (χ1) is 13.8. The number of fused-ring (bicyclic) bond motifs is 1. The number of carbonyl (C=O) groups excluding carboxylic acids is 3. The van der Waals surface area contributed by atoms with E-state index in [1.54, 1.807) is 30.3 Å². The Kier molecular flexibility index (Phi) is 6.23. The summed E-state index contributed by atoms with van der Waals surface area (Å²) in [5, 5.41) is 3.07. The zero-order chi connectivity index (χ0) is 21.0. The van der Waals surface area contributed by atoms with Crippen LogP contribution in [0.1, 0.15) is 37.6 Å². The van der Waals surface area contributed by atoms with Crippen LogP contribution in [0.2, 0.25) is 0 Å². The first-order valence-electron chi connectivity index (χ1n) is 8.91. The van der Waals surface area contributed by atoms with Crippen LogP contribution in [0.15, 0.2) is 45.6 Å². The maximum atomic E-state index is 12.3. The minimum atomic E-state index is -0.875. The lowest BCUT2D eigenvalue weighted by atomic mass is 10.1. The molecule has 0 aliphatic rings. The molecule has 0 saturated heterocycles. The van der Waals surface area contributed by atoms with Gasteiger partial charge in [0, 0.05) is 24.4 Å². The Hall–Kier alpha value is -3.26. The summed E-state index contributed by atoms with van der Waals surface area (Å²) >= 11 is 1.28. The van der Waals surface area contributed by atoms with Gasteiger partial charge in [0.1, 0.15) is 5.58 Å². The molecule has 0 saturated carbocycles. The Bertz CT molecular complexity index is 1140. The van der Waals surface area contributed by atoms with E-state index in [1.165, 1.54) is 18.3 Å². The van der Waals surface area contributed by atoms with Crippen LogP contribution in [0, 0.1) is 6.92 Å².